The predicted octanol–water partition coefficient (Wildman–Crippen LogP) is 5.01. The Hall–Kier alpha value is -4.06. The average Bonchev–Trinajstić information content (AvgIpc) is 3.18. The van der Waals surface area contributed by atoms with Gasteiger partial charge in [-0.15, -0.1) is 0 Å². The first-order chi connectivity index (χ1) is 15.2. The second-order valence-electron chi connectivity index (χ2n) is 7.63. The van der Waals surface area contributed by atoms with Crippen molar-refractivity contribution in [3.63, 3.8) is 0 Å². The lowest BCUT2D eigenvalue weighted by Crippen LogP contribution is -2.38. The second-order valence-corrected chi connectivity index (χ2v) is 7.63. The Kier molecular flexibility index (Phi) is 4.88. The molecule has 0 spiro atoms. The van der Waals surface area contributed by atoms with Crippen molar-refractivity contribution in [2.24, 2.45) is 0 Å². The van der Waals surface area contributed by atoms with Gasteiger partial charge in [-0.2, -0.15) is 0 Å². The second kappa shape index (κ2) is 7.99. The summed E-state index contributed by atoms with van der Waals surface area (Å²) < 4.78 is 0. The number of aromatic amines is 1. The number of nitrogens with zero attached hydrogens (tertiary/aromatic N) is 1. The van der Waals surface area contributed by atoms with Crippen LogP contribution in [0.1, 0.15) is 21.6 Å². The van der Waals surface area contributed by atoms with Crippen LogP contribution in [-0.4, -0.2) is 28.4 Å². The number of fused-ring (bicyclic) bond motifs is 3. The first-order valence-electron chi connectivity index (χ1n) is 10.3. The number of carbonyl (C=O) groups excluding carboxylic acids is 2. The molecule has 1 aliphatic rings. The number of amides is 3. The van der Waals surface area contributed by atoms with Gasteiger partial charge in [0, 0.05) is 58.6 Å². The molecule has 3 N–H and O–H groups in total. The van der Waals surface area contributed by atoms with Gasteiger partial charge in [0.25, 0.3) is 5.91 Å². The molecule has 0 unspecified atom stereocenters. The molecule has 3 aromatic carbocycles. The fourth-order valence-electron chi connectivity index (χ4n) is 3.97. The summed E-state index contributed by atoms with van der Waals surface area (Å²) in [4.78, 5) is 30.5. The molecule has 2 heterocycles. The van der Waals surface area contributed by atoms with Crippen LogP contribution in [0.3, 0.4) is 0 Å². The van der Waals surface area contributed by atoms with Crippen LogP contribution in [0.25, 0.3) is 10.9 Å². The highest BCUT2D eigenvalue weighted by molar-refractivity contribution is 6.04. The molecule has 1 aliphatic heterocycles. The molecule has 0 fully saturated rings. The van der Waals surface area contributed by atoms with E-state index in [0.29, 0.717) is 24.3 Å². The number of hydrogen-bond acceptors (Lipinski definition) is 2. The van der Waals surface area contributed by atoms with E-state index in [2.05, 4.69) is 27.8 Å². The number of benzene rings is 3. The number of H-pyrrole nitrogens is 1. The third-order valence-corrected chi connectivity index (χ3v) is 5.60. The van der Waals surface area contributed by atoms with Crippen LogP contribution in [0.15, 0.2) is 78.9 Å². The topological polar surface area (TPSA) is 77.2 Å². The van der Waals surface area contributed by atoms with Gasteiger partial charge in [0.1, 0.15) is 0 Å². The molecule has 0 radical (unpaired) electrons. The van der Waals surface area contributed by atoms with Gasteiger partial charge in [0.05, 0.1) is 0 Å². The number of rotatable bonds is 3. The van der Waals surface area contributed by atoms with Crippen LogP contribution in [-0.2, 0) is 13.0 Å². The standard InChI is InChI=1S/C25H22N4O2/c30-24(26-18-6-2-1-3-7-18)17-10-12-19(13-11-17)27-25(31)29-15-14-23-21(16-29)20-8-4-5-9-22(20)28-23/h1-13,28H,14-16H2,(H,26,30)(H,27,31). The summed E-state index contributed by atoms with van der Waals surface area (Å²) >= 11 is 0. The Labute approximate surface area is 179 Å². The highest BCUT2D eigenvalue weighted by atomic mass is 16.2. The van der Waals surface area contributed by atoms with Crippen molar-refractivity contribution in [3.8, 4) is 0 Å². The molecule has 31 heavy (non-hydrogen) atoms. The van der Waals surface area contributed by atoms with E-state index in [0.717, 1.165) is 17.6 Å². The smallest absolute Gasteiger partial charge is 0.322 e. The van der Waals surface area contributed by atoms with E-state index in [-0.39, 0.29) is 11.9 Å². The van der Waals surface area contributed by atoms with Gasteiger partial charge in [-0.25, -0.2) is 4.79 Å². The van der Waals surface area contributed by atoms with Gasteiger partial charge in [0.15, 0.2) is 0 Å². The van der Waals surface area contributed by atoms with Crippen LogP contribution >= 0.6 is 0 Å². The maximum atomic E-state index is 12.8. The molecule has 0 bridgehead atoms. The summed E-state index contributed by atoms with van der Waals surface area (Å²) in [7, 11) is 0. The lowest BCUT2D eigenvalue weighted by Gasteiger charge is -2.27. The van der Waals surface area contributed by atoms with Crippen LogP contribution < -0.4 is 10.6 Å². The zero-order valence-electron chi connectivity index (χ0n) is 16.9. The van der Waals surface area contributed by atoms with Crippen molar-refractivity contribution >= 4 is 34.2 Å². The fourth-order valence-corrected chi connectivity index (χ4v) is 3.97. The summed E-state index contributed by atoms with van der Waals surface area (Å²) in [6.07, 6.45) is 0.802. The van der Waals surface area contributed by atoms with Crippen molar-refractivity contribution < 1.29 is 9.59 Å². The summed E-state index contributed by atoms with van der Waals surface area (Å²) in [5.41, 5.74) is 5.43. The number of aromatic nitrogens is 1. The molecule has 5 rings (SSSR count). The third kappa shape index (κ3) is 3.88. The maximum absolute atomic E-state index is 12.8. The molecule has 6 heteroatoms. The normalized spacial score (nSPS) is 13.0. The van der Waals surface area contributed by atoms with E-state index in [9.17, 15) is 9.59 Å². The van der Waals surface area contributed by atoms with Crippen molar-refractivity contribution in [2.45, 2.75) is 13.0 Å². The Balaban J connectivity index is 1.24. The monoisotopic (exact) mass is 410 g/mol. The van der Waals surface area contributed by atoms with Gasteiger partial charge < -0.3 is 20.5 Å². The summed E-state index contributed by atoms with van der Waals surface area (Å²) in [5.74, 6) is -0.188. The summed E-state index contributed by atoms with van der Waals surface area (Å²) in [6, 6.07) is 24.3. The molecule has 0 aliphatic carbocycles. The van der Waals surface area contributed by atoms with E-state index in [1.807, 2.05) is 47.4 Å². The number of urea groups is 1. The first-order valence-corrected chi connectivity index (χ1v) is 10.3. The maximum Gasteiger partial charge on any atom is 0.322 e. The Morgan fingerprint density at radius 3 is 2.32 bits per heavy atom. The lowest BCUT2D eigenvalue weighted by molar-refractivity contribution is 0.102. The minimum atomic E-state index is -0.188. The van der Waals surface area contributed by atoms with Crippen LogP contribution in [0.4, 0.5) is 16.2 Å². The molecule has 3 amide bonds. The number of nitrogens with one attached hydrogen (secondary N) is 3. The van der Waals surface area contributed by atoms with Gasteiger partial charge in [-0.05, 0) is 42.5 Å². The molecule has 4 aromatic rings. The Morgan fingerprint density at radius 1 is 0.806 bits per heavy atom. The minimum Gasteiger partial charge on any atom is -0.358 e. The predicted molar refractivity (Wildman–Crippen MR) is 122 cm³/mol. The van der Waals surface area contributed by atoms with Crippen LogP contribution in [0.5, 0.6) is 0 Å². The summed E-state index contributed by atoms with van der Waals surface area (Å²) in [5, 5.41) is 6.97. The zero-order valence-corrected chi connectivity index (χ0v) is 16.9. The highest BCUT2D eigenvalue weighted by Crippen LogP contribution is 2.28. The van der Waals surface area contributed by atoms with Gasteiger partial charge in [0.2, 0.25) is 0 Å². The lowest BCUT2D eigenvalue weighted by atomic mass is 10.0. The van der Waals surface area contributed by atoms with Crippen molar-refractivity contribution in [1.82, 2.24) is 9.88 Å². The fraction of sp³-hybridized carbons (Fsp3) is 0.120. The third-order valence-electron chi connectivity index (χ3n) is 5.60. The number of para-hydroxylation sites is 2. The number of carbonyl (C=O) groups is 2. The van der Waals surface area contributed by atoms with E-state index < -0.39 is 0 Å². The molecule has 154 valence electrons. The van der Waals surface area contributed by atoms with Crippen molar-refractivity contribution in [1.29, 1.82) is 0 Å². The molecular formula is C25H22N4O2. The molecule has 0 atom stereocenters. The van der Waals surface area contributed by atoms with Gasteiger partial charge >= 0.3 is 6.03 Å². The Bertz CT molecular complexity index is 1250. The van der Waals surface area contributed by atoms with E-state index in [1.165, 1.54) is 16.6 Å². The molecule has 0 saturated heterocycles. The van der Waals surface area contributed by atoms with Crippen LogP contribution in [0, 0.1) is 0 Å². The van der Waals surface area contributed by atoms with E-state index in [1.54, 1.807) is 24.3 Å². The molecular weight excluding hydrogens is 388 g/mol. The molecule has 1 aromatic heterocycles. The first kappa shape index (κ1) is 18.9. The van der Waals surface area contributed by atoms with Gasteiger partial charge in [-0.1, -0.05) is 36.4 Å². The molecule has 6 nitrogen and oxygen atoms in total. The zero-order chi connectivity index (χ0) is 21.2. The van der Waals surface area contributed by atoms with Crippen molar-refractivity contribution in [3.05, 3.63) is 95.7 Å². The van der Waals surface area contributed by atoms with Crippen LogP contribution in [0.2, 0.25) is 0 Å². The highest BCUT2D eigenvalue weighted by Gasteiger charge is 2.24. The van der Waals surface area contributed by atoms with Gasteiger partial charge in [-0.3, -0.25) is 4.79 Å². The Morgan fingerprint density at radius 2 is 1.52 bits per heavy atom. The SMILES string of the molecule is O=C(Nc1ccccc1)c1ccc(NC(=O)N2CCc3[nH]c4ccccc4c3C2)cc1. The van der Waals surface area contributed by atoms with E-state index in [4.69, 9.17) is 0 Å². The summed E-state index contributed by atoms with van der Waals surface area (Å²) in [6.45, 7) is 1.23. The molecule has 0 saturated carbocycles. The van der Waals surface area contributed by atoms with Crippen molar-refractivity contribution in [2.75, 3.05) is 17.2 Å². The number of hydrogen-bond donors (Lipinski definition) is 3. The number of anilines is 2. The average molecular weight is 410 g/mol. The largest absolute Gasteiger partial charge is 0.358 e. The quantitative estimate of drug-likeness (QED) is 0.444. The van der Waals surface area contributed by atoms with E-state index >= 15 is 0 Å². The minimum absolute atomic E-state index is 0.141.